The fraction of sp³-hybridized carbons (Fsp3) is 0.333. The molecule has 0 aromatic carbocycles. The molecule has 0 fully saturated rings. The Labute approximate surface area is 96.5 Å². The zero-order chi connectivity index (χ0) is 12.4. The highest BCUT2D eigenvalue weighted by Crippen LogP contribution is 2.11. The smallest absolute Gasteiger partial charge is 0.243 e. The first-order valence-electron chi connectivity index (χ1n) is 4.90. The van der Waals surface area contributed by atoms with Crippen molar-refractivity contribution in [3.05, 3.63) is 24.3 Å². The van der Waals surface area contributed by atoms with E-state index in [1.54, 1.807) is 6.07 Å². The molecule has 8 nitrogen and oxygen atoms in total. The number of hydrogen-bond donors (Lipinski definition) is 0. The molecule has 2 heterocycles. The van der Waals surface area contributed by atoms with Gasteiger partial charge in [0.25, 0.3) is 5.82 Å². The van der Waals surface area contributed by atoms with E-state index in [-0.39, 0.29) is 11.7 Å². The van der Waals surface area contributed by atoms with Gasteiger partial charge in [0.1, 0.15) is 24.5 Å². The Morgan fingerprint density at radius 3 is 2.82 bits per heavy atom. The van der Waals surface area contributed by atoms with Crippen molar-refractivity contribution in [2.75, 3.05) is 0 Å². The third kappa shape index (κ3) is 1.90. The van der Waals surface area contributed by atoms with Crippen LogP contribution in [0, 0.1) is 11.3 Å². The highest BCUT2D eigenvalue weighted by Gasteiger charge is 2.19. The Kier molecular flexibility index (Phi) is 2.66. The molecule has 0 unspecified atom stereocenters. The van der Waals surface area contributed by atoms with E-state index in [4.69, 9.17) is 5.26 Å². The quantitative estimate of drug-likeness (QED) is 0.703. The Balaban J connectivity index is 2.48. The van der Waals surface area contributed by atoms with Gasteiger partial charge in [0.2, 0.25) is 0 Å². The lowest BCUT2D eigenvalue weighted by Crippen LogP contribution is -2.23. The Bertz CT molecular complexity index is 575. The molecular weight excluding hydrogens is 222 g/mol. The van der Waals surface area contributed by atoms with E-state index in [0.29, 0.717) is 5.82 Å². The van der Waals surface area contributed by atoms with Crippen LogP contribution in [0.15, 0.2) is 12.7 Å². The molecule has 0 N–H and O–H groups in total. The van der Waals surface area contributed by atoms with Crippen molar-refractivity contribution in [1.82, 2.24) is 29.5 Å². The van der Waals surface area contributed by atoms with Gasteiger partial charge in [0.05, 0.1) is 0 Å². The fourth-order valence-corrected chi connectivity index (χ4v) is 1.29. The molecular formula is C9H9N7O. The number of rotatable bonds is 1. The summed E-state index contributed by atoms with van der Waals surface area (Å²) >= 11 is 0. The first-order valence-corrected chi connectivity index (χ1v) is 4.90. The van der Waals surface area contributed by atoms with Crippen LogP contribution in [0.1, 0.15) is 31.4 Å². The van der Waals surface area contributed by atoms with Crippen molar-refractivity contribution in [2.24, 2.45) is 0 Å². The largest absolute Gasteiger partial charge is 0.372 e. The number of carbonyl (C=O) groups excluding carboxylic acids is 1. The minimum absolute atomic E-state index is 0.0305. The number of hydrogen-bond acceptors (Lipinski definition) is 6. The standard InChI is InChI=1S/C9H9N7O/c1-6(2)8-13-7(3-10)14-16(8)9(17)15-5-11-4-12-15/h4-6H,1-2H3. The third-order valence-corrected chi connectivity index (χ3v) is 2.04. The van der Waals surface area contributed by atoms with Crippen molar-refractivity contribution in [1.29, 1.82) is 5.26 Å². The fourth-order valence-electron chi connectivity index (χ4n) is 1.29. The number of nitriles is 1. The number of aromatic nitrogens is 6. The number of nitrogens with zero attached hydrogens (tertiary/aromatic N) is 7. The molecule has 0 spiro atoms. The van der Waals surface area contributed by atoms with E-state index in [0.717, 1.165) is 9.36 Å². The maximum atomic E-state index is 12.0. The third-order valence-electron chi connectivity index (χ3n) is 2.04. The van der Waals surface area contributed by atoms with Crippen LogP contribution in [0.4, 0.5) is 4.79 Å². The van der Waals surface area contributed by atoms with Crippen LogP contribution in [0.25, 0.3) is 0 Å². The molecule has 86 valence electrons. The van der Waals surface area contributed by atoms with Gasteiger partial charge in [-0.2, -0.15) is 19.7 Å². The number of carbonyl (C=O) groups is 1. The van der Waals surface area contributed by atoms with Gasteiger partial charge in [-0.05, 0) is 0 Å². The van der Waals surface area contributed by atoms with Gasteiger partial charge in [0.15, 0.2) is 0 Å². The normalized spacial score (nSPS) is 10.5. The highest BCUT2D eigenvalue weighted by molar-refractivity contribution is 5.77. The summed E-state index contributed by atoms with van der Waals surface area (Å²) in [6.45, 7) is 3.71. The second kappa shape index (κ2) is 4.13. The minimum atomic E-state index is -0.514. The van der Waals surface area contributed by atoms with Crippen molar-refractivity contribution in [2.45, 2.75) is 19.8 Å². The second-order valence-electron chi connectivity index (χ2n) is 3.59. The molecule has 8 heteroatoms. The summed E-state index contributed by atoms with van der Waals surface area (Å²) in [5, 5.41) is 16.3. The summed E-state index contributed by atoms with van der Waals surface area (Å²) in [6, 6.07) is 1.29. The highest BCUT2D eigenvalue weighted by atomic mass is 16.2. The molecule has 0 aliphatic heterocycles. The van der Waals surface area contributed by atoms with E-state index in [9.17, 15) is 4.79 Å². The molecule has 0 aliphatic carbocycles. The van der Waals surface area contributed by atoms with E-state index in [1.807, 2.05) is 13.8 Å². The SMILES string of the molecule is CC(C)c1nc(C#N)nn1C(=O)n1cncn1. The monoisotopic (exact) mass is 231 g/mol. The Hall–Kier alpha value is -2.56. The van der Waals surface area contributed by atoms with Gasteiger partial charge in [-0.15, -0.1) is 5.10 Å². The van der Waals surface area contributed by atoms with Gasteiger partial charge < -0.3 is 0 Å². The molecule has 2 aromatic heterocycles. The van der Waals surface area contributed by atoms with E-state index < -0.39 is 6.03 Å². The Morgan fingerprint density at radius 2 is 2.29 bits per heavy atom. The van der Waals surface area contributed by atoms with Gasteiger partial charge in [-0.3, -0.25) is 0 Å². The molecule has 0 amide bonds. The summed E-state index contributed by atoms with van der Waals surface area (Å²) < 4.78 is 2.10. The van der Waals surface area contributed by atoms with Crippen molar-refractivity contribution < 1.29 is 4.79 Å². The average molecular weight is 231 g/mol. The predicted octanol–water partition coefficient (Wildman–Crippen LogP) is 0.381. The first-order chi connectivity index (χ1) is 8.13. The molecule has 0 radical (unpaired) electrons. The van der Waals surface area contributed by atoms with Crippen molar-refractivity contribution in [3.8, 4) is 6.07 Å². The molecule has 0 aliphatic rings. The second-order valence-corrected chi connectivity index (χ2v) is 3.59. The summed E-state index contributed by atoms with van der Waals surface area (Å²) in [5.41, 5.74) is 0. The summed E-state index contributed by atoms with van der Waals surface area (Å²) in [5.74, 6) is 0.348. The van der Waals surface area contributed by atoms with Crippen LogP contribution >= 0.6 is 0 Å². The van der Waals surface area contributed by atoms with Gasteiger partial charge in [0, 0.05) is 5.92 Å². The lowest BCUT2D eigenvalue weighted by molar-refractivity contribution is 0.237. The van der Waals surface area contributed by atoms with Crippen molar-refractivity contribution >= 4 is 6.03 Å². The maximum Gasteiger partial charge on any atom is 0.372 e. The zero-order valence-corrected chi connectivity index (χ0v) is 9.27. The van der Waals surface area contributed by atoms with Gasteiger partial charge in [-0.1, -0.05) is 13.8 Å². The zero-order valence-electron chi connectivity index (χ0n) is 9.27. The minimum Gasteiger partial charge on any atom is -0.243 e. The summed E-state index contributed by atoms with van der Waals surface area (Å²) in [7, 11) is 0. The molecule has 2 rings (SSSR count). The van der Waals surface area contributed by atoms with E-state index in [1.165, 1.54) is 12.7 Å². The van der Waals surface area contributed by atoms with Gasteiger partial charge >= 0.3 is 6.03 Å². The molecule has 0 saturated carbocycles. The predicted molar refractivity (Wildman–Crippen MR) is 55.0 cm³/mol. The lowest BCUT2D eigenvalue weighted by Gasteiger charge is -2.05. The van der Waals surface area contributed by atoms with Crippen LogP contribution in [-0.4, -0.2) is 35.6 Å². The van der Waals surface area contributed by atoms with Crippen LogP contribution < -0.4 is 0 Å². The summed E-state index contributed by atoms with van der Waals surface area (Å²) in [6.07, 6.45) is 2.51. The van der Waals surface area contributed by atoms with Crippen LogP contribution in [0.3, 0.4) is 0 Å². The molecule has 2 aromatic rings. The van der Waals surface area contributed by atoms with Crippen molar-refractivity contribution in [3.63, 3.8) is 0 Å². The van der Waals surface area contributed by atoms with Gasteiger partial charge in [-0.25, -0.2) is 14.8 Å². The van der Waals surface area contributed by atoms with E-state index >= 15 is 0 Å². The molecule has 0 atom stereocenters. The Morgan fingerprint density at radius 1 is 1.53 bits per heavy atom. The molecule has 0 bridgehead atoms. The van der Waals surface area contributed by atoms with Crippen LogP contribution in [-0.2, 0) is 0 Å². The molecule has 0 saturated heterocycles. The summed E-state index contributed by atoms with van der Waals surface area (Å²) in [4.78, 5) is 19.6. The maximum absolute atomic E-state index is 12.0. The topological polar surface area (TPSA) is 102 Å². The lowest BCUT2D eigenvalue weighted by atomic mass is 10.2. The van der Waals surface area contributed by atoms with E-state index in [2.05, 4.69) is 20.2 Å². The molecule has 17 heavy (non-hydrogen) atoms. The van der Waals surface area contributed by atoms with Crippen LogP contribution in [0.5, 0.6) is 0 Å². The first kappa shape index (κ1) is 10.9. The average Bonchev–Trinajstić information content (AvgIpc) is 2.97. The van der Waals surface area contributed by atoms with Crippen LogP contribution in [0.2, 0.25) is 0 Å².